The summed E-state index contributed by atoms with van der Waals surface area (Å²) in [4.78, 5) is 25.7. The monoisotopic (exact) mass is 312 g/mol. The van der Waals surface area contributed by atoms with Gasteiger partial charge in [-0.3, -0.25) is 9.59 Å². The Labute approximate surface area is 126 Å². The third kappa shape index (κ3) is 2.38. The molecular formula is C15H18F2N2O3. The maximum atomic E-state index is 14.1. The predicted octanol–water partition coefficient (Wildman–Crippen LogP) is 1.88. The number of nitrogens with one attached hydrogen (secondary N) is 1. The highest BCUT2D eigenvalue weighted by molar-refractivity contribution is 5.96. The predicted molar refractivity (Wildman–Crippen MR) is 73.7 cm³/mol. The number of alkyl halides is 2. The van der Waals surface area contributed by atoms with Crippen molar-refractivity contribution in [3.8, 4) is 0 Å². The van der Waals surface area contributed by atoms with Crippen LogP contribution in [0, 0.1) is 19.3 Å². The van der Waals surface area contributed by atoms with Crippen molar-refractivity contribution in [2.45, 2.75) is 32.6 Å². The first-order valence-electron chi connectivity index (χ1n) is 7.25. The molecule has 2 amide bonds. The van der Waals surface area contributed by atoms with Crippen LogP contribution in [-0.2, 0) is 4.79 Å². The summed E-state index contributed by atoms with van der Waals surface area (Å²) >= 11 is 0. The number of hydrogen-bond acceptors (Lipinski definition) is 3. The van der Waals surface area contributed by atoms with Gasteiger partial charge >= 0.3 is 0 Å². The molecule has 1 aromatic heterocycles. The van der Waals surface area contributed by atoms with Crippen molar-refractivity contribution < 1.29 is 22.8 Å². The van der Waals surface area contributed by atoms with Gasteiger partial charge in [-0.05, 0) is 26.3 Å². The Kier molecular flexibility index (Phi) is 3.27. The van der Waals surface area contributed by atoms with E-state index in [1.807, 2.05) is 0 Å². The number of piperidine rings is 1. The molecule has 0 saturated carbocycles. The second kappa shape index (κ2) is 4.79. The zero-order chi connectivity index (χ0) is 16.1. The van der Waals surface area contributed by atoms with Crippen molar-refractivity contribution in [2.24, 2.45) is 5.41 Å². The Morgan fingerprint density at radius 1 is 1.36 bits per heavy atom. The third-order valence-electron chi connectivity index (χ3n) is 4.44. The minimum absolute atomic E-state index is 0.0247. The molecule has 1 unspecified atom stereocenters. The fraction of sp³-hybridized carbons (Fsp3) is 0.600. The van der Waals surface area contributed by atoms with Gasteiger partial charge in [-0.1, -0.05) is 0 Å². The zero-order valence-electron chi connectivity index (χ0n) is 12.5. The summed E-state index contributed by atoms with van der Waals surface area (Å²) in [6.07, 6.45) is -0.173. The van der Waals surface area contributed by atoms with Crippen LogP contribution in [-0.4, -0.2) is 42.3 Å². The van der Waals surface area contributed by atoms with E-state index in [2.05, 4.69) is 5.32 Å². The van der Waals surface area contributed by atoms with Crippen LogP contribution in [0.15, 0.2) is 10.5 Å². The van der Waals surface area contributed by atoms with Gasteiger partial charge in [0.25, 0.3) is 11.8 Å². The first-order chi connectivity index (χ1) is 10.2. The van der Waals surface area contributed by atoms with Gasteiger partial charge < -0.3 is 14.6 Å². The zero-order valence-corrected chi connectivity index (χ0v) is 12.5. The third-order valence-corrected chi connectivity index (χ3v) is 4.44. The molecule has 1 spiro atoms. The largest absolute Gasteiger partial charge is 0.466 e. The second-order valence-corrected chi connectivity index (χ2v) is 6.31. The highest BCUT2D eigenvalue weighted by Crippen LogP contribution is 2.43. The maximum absolute atomic E-state index is 14.1. The van der Waals surface area contributed by atoms with Gasteiger partial charge in [0.05, 0.1) is 17.5 Å². The normalized spacial score (nSPS) is 27.3. The first kappa shape index (κ1) is 15.0. The maximum Gasteiger partial charge on any atom is 0.266 e. The van der Waals surface area contributed by atoms with Gasteiger partial charge in [0.2, 0.25) is 5.91 Å². The van der Waals surface area contributed by atoms with E-state index in [1.165, 1.54) is 0 Å². The first-order valence-corrected chi connectivity index (χ1v) is 7.25. The molecular weight excluding hydrogens is 294 g/mol. The Morgan fingerprint density at radius 2 is 2.09 bits per heavy atom. The molecule has 3 heterocycles. The van der Waals surface area contributed by atoms with E-state index in [9.17, 15) is 18.4 Å². The molecule has 1 aromatic rings. The number of aryl methyl sites for hydroxylation is 2. The molecule has 2 aliphatic heterocycles. The molecule has 1 atom stereocenters. The van der Waals surface area contributed by atoms with Crippen LogP contribution < -0.4 is 5.32 Å². The molecule has 3 rings (SSSR count). The summed E-state index contributed by atoms with van der Waals surface area (Å²) in [6.45, 7) is 3.06. The molecule has 2 aliphatic rings. The highest BCUT2D eigenvalue weighted by Gasteiger charge is 2.55. The molecule has 5 nitrogen and oxygen atoms in total. The number of amides is 2. The van der Waals surface area contributed by atoms with Gasteiger partial charge in [0, 0.05) is 19.5 Å². The van der Waals surface area contributed by atoms with Gasteiger partial charge in [0.15, 0.2) is 0 Å². The molecule has 0 bridgehead atoms. The lowest BCUT2D eigenvalue weighted by Gasteiger charge is -2.42. The molecule has 1 N–H and O–H groups in total. The molecule has 2 saturated heterocycles. The summed E-state index contributed by atoms with van der Waals surface area (Å²) in [7, 11) is 0. The smallest absolute Gasteiger partial charge is 0.266 e. The summed E-state index contributed by atoms with van der Waals surface area (Å²) in [5.74, 6) is -3.00. The summed E-state index contributed by atoms with van der Waals surface area (Å²) in [5.41, 5.74) is -0.895. The minimum atomic E-state index is -3.07. The van der Waals surface area contributed by atoms with Crippen molar-refractivity contribution >= 4 is 11.8 Å². The minimum Gasteiger partial charge on any atom is -0.466 e. The fourth-order valence-corrected chi connectivity index (χ4v) is 3.50. The average molecular weight is 312 g/mol. The number of carbonyl (C=O) groups is 2. The lowest BCUT2D eigenvalue weighted by Crippen LogP contribution is -2.56. The van der Waals surface area contributed by atoms with Crippen LogP contribution in [0.2, 0.25) is 0 Å². The van der Waals surface area contributed by atoms with Crippen LogP contribution in [0.3, 0.4) is 0 Å². The lowest BCUT2D eigenvalue weighted by atomic mass is 9.77. The molecule has 0 aliphatic carbocycles. The summed E-state index contributed by atoms with van der Waals surface area (Å²) in [5, 5.41) is 2.60. The van der Waals surface area contributed by atoms with Crippen LogP contribution in [0.4, 0.5) is 8.78 Å². The number of hydrogen-bond donors (Lipinski definition) is 1. The number of likely N-dealkylation sites (tertiary alicyclic amines) is 1. The highest BCUT2D eigenvalue weighted by atomic mass is 19.3. The number of rotatable bonds is 1. The molecule has 0 radical (unpaired) electrons. The number of nitrogens with zero attached hydrogens (tertiary/aromatic N) is 1. The van der Waals surface area contributed by atoms with Crippen molar-refractivity contribution in [3.63, 3.8) is 0 Å². The molecule has 22 heavy (non-hydrogen) atoms. The van der Waals surface area contributed by atoms with Crippen molar-refractivity contribution in [3.05, 3.63) is 23.2 Å². The summed E-state index contributed by atoms with van der Waals surface area (Å²) in [6, 6.07) is 1.55. The molecule has 2 fully saturated rings. The number of furan rings is 1. The van der Waals surface area contributed by atoms with Gasteiger partial charge in [-0.25, -0.2) is 8.78 Å². The average Bonchev–Trinajstić information content (AvgIpc) is 2.90. The van der Waals surface area contributed by atoms with E-state index < -0.39 is 30.2 Å². The molecule has 120 valence electrons. The Morgan fingerprint density at radius 3 is 2.64 bits per heavy atom. The van der Waals surface area contributed by atoms with Crippen molar-refractivity contribution in [1.82, 2.24) is 10.2 Å². The van der Waals surface area contributed by atoms with Crippen molar-refractivity contribution in [1.29, 1.82) is 0 Å². The van der Waals surface area contributed by atoms with E-state index in [4.69, 9.17) is 4.42 Å². The van der Waals surface area contributed by atoms with E-state index in [1.54, 1.807) is 19.9 Å². The molecule has 0 aromatic carbocycles. The topological polar surface area (TPSA) is 62.6 Å². The van der Waals surface area contributed by atoms with E-state index in [0.717, 1.165) is 4.90 Å². The second-order valence-electron chi connectivity index (χ2n) is 6.31. The Bertz CT molecular complexity index is 641. The van der Waals surface area contributed by atoms with Crippen LogP contribution in [0.25, 0.3) is 0 Å². The van der Waals surface area contributed by atoms with E-state index in [0.29, 0.717) is 24.5 Å². The number of halogens is 2. The van der Waals surface area contributed by atoms with Gasteiger partial charge in [-0.15, -0.1) is 0 Å². The Hall–Kier alpha value is -1.92. The molecule has 7 heteroatoms. The summed E-state index contributed by atoms with van der Waals surface area (Å²) < 4.78 is 33.5. The lowest BCUT2D eigenvalue weighted by molar-refractivity contribution is -0.144. The van der Waals surface area contributed by atoms with Gasteiger partial charge in [-0.2, -0.15) is 0 Å². The SMILES string of the molecule is Cc1cc(C(=O)N2CC(F)(F)CC3(CCNC3=O)C2)c(C)o1. The van der Waals surface area contributed by atoms with E-state index >= 15 is 0 Å². The van der Waals surface area contributed by atoms with E-state index in [-0.39, 0.29) is 18.0 Å². The number of carbonyl (C=O) groups excluding carboxylic acids is 2. The quantitative estimate of drug-likeness (QED) is 0.861. The Balaban J connectivity index is 1.91. The van der Waals surface area contributed by atoms with Crippen LogP contribution in [0.1, 0.15) is 34.7 Å². The van der Waals surface area contributed by atoms with Crippen molar-refractivity contribution in [2.75, 3.05) is 19.6 Å². The standard InChI is InChI=1S/C15H18F2N2O3/c1-9-5-11(10(2)22-9)12(20)19-7-14(3-4-18-13(14)21)6-15(16,17)8-19/h5H,3-4,6-8H2,1-2H3,(H,18,21). The van der Waals surface area contributed by atoms with Crippen LogP contribution >= 0.6 is 0 Å². The van der Waals surface area contributed by atoms with Gasteiger partial charge in [0.1, 0.15) is 11.5 Å². The fourth-order valence-electron chi connectivity index (χ4n) is 3.50. The van der Waals surface area contributed by atoms with Crippen LogP contribution in [0.5, 0.6) is 0 Å².